The van der Waals surface area contributed by atoms with Crippen LogP contribution >= 0.6 is 0 Å². The molecule has 0 N–H and O–H groups in total. The first-order chi connectivity index (χ1) is 33.6. The van der Waals surface area contributed by atoms with Gasteiger partial charge < -0.3 is 14.2 Å². The Kier molecular flexibility index (Phi) is 54.9. The van der Waals surface area contributed by atoms with E-state index in [-0.39, 0.29) is 25.2 Å². The highest BCUT2D eigenvalue weighted by atomic mass is 16.6. The summed E-state index contributed by atoms with van der Waals surface area (Å²) in [5.74, 6) is -0.449. The zero-order valence-electron chi connectivity index (χ0n) is 44.6. The molecule has 0 aromatic heterocycles. The Balaban J connectivity index is 4.34. The number of esters is 2. The lowest BCUT2D eigenvalue weighted by Gasteiger charge is -2.18. The molecule has 0 radical (unpaired) electrons. The molecule has 5 heteroatoms. The van der Waals surface area contributed by atoms with Gasteiger partial charge in [0.25, 0.3) is 0 Å². The van der Waals surface area contributed by atoms with Crippen LogP contribution in [0.1, 0.15) is 252 Å². The number of hydrogen-bond donors (Lipinski definition) is 0. The highest BCUT2D eigenvalue weighted by molar-refractivity contribution is 5.70. The van der Waals surface area contributed by atoms with E-state index in [1.54, 1.807) is 0 Å². The van der Waals surface area contributed by atoms with Gasteiger partial charge in [-0.3, -0.25) is 9.59 Å². The minimum Gasteiger partial charge on any atom is -0.462 e. The van der Waals surface area contributed by atoms with E-state index in [0.717, 1.165) is 122 Å². The average molecular weight is 944 g/mol. The molecule has 388 valence electrons. The predicted molar refractivity (Wildman–Crippen MR) is 297 cm³/mol. The maximum absolute atomic E-state index is 12.8. The van der Waals surface area contributed by atoms with Crippen LogP contribution in [-0.4, -0.2) is 37.9 Å². The second-order valence-corrected chi connectivity index (χ2v) is 18.4. The van der Waals surface area contributed by atoms with Crippen LogP contribution in [0, 0.1) is 0 Å². The van der Waals surface area contributed by atoms with Gasteiger partial charge in [0.2, 0.25) is 0 Å². The van der Waals surface area contributed by atoms with Gasteiger partial charge in [-0.2, -0.15) is 0 Å². The van der Waals surface area contributed by atoms with Gasteiger partial charge in [-0.25, -0.2) is 0 Å². The van der Waals surface area contributed by atoms with Crippen LogP contribution in [-0.2, 0) is 23.8 Å². The van der Waals surface area contributed by atoms with Crippen LogP contribution in [0.15, 0.2) is 109 Å². The Morgan fingerprint density at radius 2 is 0.662 bits per heavy atom. The van der Waals surface area contributed by atoms with Crippen molar-refractivity contribution in [2.24, 2.45) is 0 Å². The minimum absolute atomic E-state index is 0.0564. The molecule has 0 aromatic carbocycles. The van der Waals surface area contributed by atoms with Crippen molar-refractivity contribution in [3.63, 3.8) is 0 Å². The van der Waals surface area contributed by atoms with Gasteiger partial charge in [-0.1, -0.05) is 226 Å². The highest BCUT2D eigenvalue weighted by Gasteiger charge is 2.17. The second-order valence-electron chi connectivity index (χ2n) is 18.4. The molecule has 68 heavy (non-hydrogen) atoms. The van der Waals surface area contributed by atoms with Crippen LogP contribution in [0.4, 0.5) is 0 Å². The molecule has 0 saturated heterocycles. The molecule has 5 nitrogen and oxygen atoms in total. The molecule has 1 atom stereocenters. The number of ether oxygens (including phenoxy) is 3. The van der Waals surface area contributed by atoms with E-state index in [0.29, 0.717) is 19.4 Å². The third-order valence-corrected chi connectivity index (χ3v) is 11.8. The molecule has 0 heterocycles. The SMILES string of the molecule is CC/C=C\C/C=C\C/C=C\C/C=C\C/C=C\CCCCCCOCC(COC(=O)CCCCCCCCCCC/C=C\CCCCCCCC)OC(=O)CCCCC/C=C\C/C=C\C/C=C\CC. The maximum Gasteiger partial charge on any atom is 0.306 e. The number of allylic oxidation sites excluding steroid dienone is 18. The minimum atomic E-state index is -0.573. The molecule has 0 saturated carbocycles. The normalized spacial score (nSPS) is 13.0. The lowest BCUT2D eigenvalue weighted by atomic mass is 10.1. The van der Waals surface area contributed by atoms with Crippen LogP contribution in [0.2, 0.25) is 0 Å². The fraction of sp³-hybridized carbons (Fsp3) is 0.683. The van der Waals surface area contributed by atoms with E-state index < -0.39 is 6.10 Å². The summed E-state index contributed by atoms with van der Waals surface area (Å²) >= 11 is 0. The standard InChI is InChI=1S/C63H106O5/c1-4-7-10-13-16-19-22-25-27-29-31-33-35-37-40-43-46-49-52-55-58-66-59-61(68-63(65)57-54-51-48-45-42-38-24-21-18-15-12-9-6-3)60-67-62(64)56-53-50-47-44-41-39-36-34-32-30-28-26-23-20-17-14-11-8-5-2/h7,9-10,12,16,18-19,21,25-28,31,33,37-38,40,42,61H,4-6,8,11,13-15,17,20,22-24,29-30,32,34-36,39,41,43-60H2,1-3H3/b10-7-,12-9-,19-16-,21-18-,27-25-,28-26-,33-31-,40-37-,42-38-. The first-order valence-corrected chi connectivity index (χ1v) is 28.4. The molecule has 1 unspecified atom stereocenters. The molecule has 0 bridgehead atoms. The monoisotopic (exact) mass is 943 g/mol. The summed E-state index contributed by atoms with van der Waals surface area (Å²) in [5, 5.41) is 0. The van der Waals surface area contributed by atoms with Crippen molar-refractivity contribution < 1.29 is 23.8 Å². The third-order valence-electron chi connectivity index (χ3n) is 11.8. The van der Waals surface area contributed by atoms with E-state index in [1.807, 2.05) is 0 Å². The zero-order valence-corrected chi connectivity index (χ0v) is 44.6. The lowest BCUT2D eigenvalue weighted by molar-refractivity contribution is -0.163. The Bertz CT molecular complexity index is 1340. The molecule has 0 aliphatic heterocycles. The van der Waals surface area contributed by atoms with Crippen molar-refractivity contribution in [2.75, 3.05) is 19.8 Å². The molecule has 0 fully saturated rings. The van der Waals surface area contributed by atoms with E-state index in [1.165, 1.54) is 96.3 Å². The number of unbranched alkanes of at least 4 members (excludes halogenated alkanes) is 22. The highest BCUT2D eigenvalue weighted by Crippen LogP contribution is 2.14. The molecule has 0 aliphatic rings. The maximum atomic E-state index is 12.8. The Labute approximate surface area is 421 Å². The van der Waals surface area contributed by atoms with Crippen molar-refractivity contribution in [1.82, 2.24) is 0 Å². The molecule has 0 spiro atoms. The summed E-state index contributed by atoms with van der Waals surface area (Å²) < 4.78 is 17.4. The largest absolute Gasteiger partial charge is 0.462 e. The van der Waals surface area contributed by atoms with Gasteiger partial charge in [0, 0.05) is 19.4 Å². The quantitative estimate of drug-likeness (QED) is 0.0345. The molecular weight excluding hydrogens is 837 g/mol. The van der Waals surface area contributed by atoms with Crippen molar-refractivity contribution in [2.45, 2.75) is 258 Å². The van der Waals surface area contributed by atoms with Gasteiger partial charge in [0.1, 0.15) is 6.61 Å². The first-order valence-electron chi connectivity index (χ1n) is 28.4. The smallest absolute Gasteiger partial charge is 0.306 e. The van der Waals surface area contributed by atoms with E-state index >= 15 is 0 Å². The number of rotatable bonds is 51. The van der Waals surface area contributed by atoms with E-state index in [9.17, 15) is 9.59 Å². The summed E-state index contributed by atoms with van der Waals surface area (Å²) in [4.78, 5) is 25.5. The fourth-order valence-electron chi connectivity index (χ4n) is 7.60. The van der Waals surface area contributed by atoms with Crippen molar-refractivity contribution >= 4 is 11.9 Å². The summed E-state index contributed by atoms with van der Waals surface area (Å²) in [5.41, 5.74) is 0. The molecule has 0 amide bonds. The first kappa shape index (κ1) is 64.6. The molecule has 0 aliphatic carbocycles. The Morgan fingerprint density at radius 3 is 1.09 bits per heavy atom. The average Bonchev–Trinajstić information content (AvgIpc) is 3.34. The summed E-state index contributed by atoms with van der Waals surface area (Å²) in [6, 6.07) is 0. The fourth-order valence-corrected chi connectivity index (χ4v) is 7.60. The molecule has 0 rings (SSSR count). The predicted octanol–water partition coefficient (Wildman–Crippen LogP) is 19.6. The topological polar surface area (TPSA) is 61.8 Å². The van der Waals surface area contributed by atoms with Gasteiger partial charge in [0.05, 0.1) is 6.61 Å². The van der Waals surface area contributed by atoms with Crippen molar-refractivity contribution in [1.29, 1.82) is 0 Å². The Hall–Kier alpha value is -3.44. The van der Waals surface area contributed by atoms with E-state index in [2.05, 4.69) is 130 Å². The molecular formula is C63H106O5. The number of carbonyl (C=O) groups is 2. The summed E-state index contributed by atoms with van der Waals surface area (Å²) in [6.07, 6.45) is 79.7. The van der Waals surface area contributed by atoms with Gasteiger partial charge >= 0.3 is 11.9 Å². The number of hydrogen-bond acceptors (Lipinski definition) is 5. The van der Waals surface area contributed by atoms with Gasteiger partial charge in [-0.05, 0) is 122 Å². The third kappa shape index (κ3) is 55.2. The van der Waals surface area contributed by atoms with Crippen molar-refractivity contribution in [3.05, 3.63) is 109 Å². The zero-order chi connectivity index (χ0) is 49.2. The van der Waals surface area contributed by atoms with Crippen LogP contribution in [0.25, 0.3) is 0 Å². The van der Waals surface area contributed by atoms with E-state index in [4.69, 9.17) is 14.2 Å². The number of carbonyl (C=O) groups excluding carboxylic acids is 2. The van der Waals surface area contributed by atoms with Crippen LogP contribution in [0.5, 0.6) is 0 Å². The van der Waals surface area contributed by atoms with Crippen molar-refractivity contribution in [3.8, 4) is 0 Å². The summed E-state index contributed by atoms with van der Waals surface area (Å²) in [6.45, 7) is 7.51. The van der Waals surface area contributed by atoms with Gasteiger partial charge in [-0.15, -0.1) is 0 Å². The van der Waals surface area contributed by atoms with Crippen LogP contribution in [0.3, 0.4) is 0 Å². The molecule has 0 aromatic rings. The Morgan fingerprint density at radius 1 is 0.338 bits per heavy atom. The van der Waals surface area contributed by atoms with Gasteiger partial charge in [0.15, 0.2) is 6.10 Å². The lowest BCUT2D eigenvalue weighted by Crippen LogP contribution is -2.30. The summed E-state index contributed by atoms with van der Waals surface area (Å²) in [7, 11) is 0. The second kappa shape index (κ2) is 57.9. The van der Waals surface area contributed by atoms with Crippen LogP contribution < -0.4 is 0 Å².